The number of unbranched alkanes of at least 4 members (excludes halogenated alkanes) is 2. The fourth-order valence-electron chi connectivity index (χ4n) is 0.521. The van der Waals surface area contributed by atoms with E-state index >= 15 is 0 Å². The Balaban J connectivity index is 3.04. The summed E-state index contributed by atoms with van der Waals surface area (Å²) < 4.78 is 0.506. The van der Waals surface area contributed by atoms with Gasteiger partial charge in [0.25, 0.3) is 0 Å². The molecule has 0 heterocycles. The van der Waals surface area contributed by atoms with Gasteiger partial charge in [-0.2, -0.15) is 0 Å². The Morgan fingerprint density at radius 2 is 2.33 bits per heavy atom. The highest BCUT2D eigenvalue weighted by atomic mass is 127. The van der Waals surface area contributed by atoms with Crippen LogP contribution in [0.4, 0.5) is 0 Å². The highest BCUT2D eigenvalue weighted by molar-refractivity contribution is 14.1. The van der Waals surface area contributed by atoms with E-state index in [0.717, 1.165) is 0 Å². The minimum Gasteiger partial charge on any atom is -0.0867 e. The second-order valence-electron chi connectivity index (χ2n) is 1.90. The summed E-state index contributed by atoms with van der Waals surface area (Å²) in [5.41, 5.74) is 0. The largest absolute Gasteiger partial charge is 0.0867 e. The standard InChI is InChI=1S/C7H12BrI/c1-2-3-4-5-6-7(8)9/h5-7H,2-4H2,1H3. The normalized spacial score (nSPS) is 14.6. The first-order valence-electron chi connectivity index (χ1n) is 3.22. The van der Waals surface area contributed by atoms with Crippen molar-refractivity contribution in [2.24, 2.45) is 0 Å². The van der Waals surface area contributed by atoms with Crippen molar-refractivity contribution in [2.45, 2.75) is 29.0 Å². The van der Waals surface area contributed by atoms with E-state index in [9.17, 15) is 0 Å². The van der Waals surface area contributed by atoms with Crippen LogP contribution in [-0.2, 0) is 0 Å². The molecule has 0 saturated heterocycles. The van der Waals surface area contributed by atoms with Gasteiger partial charge in [0.1, 0.15) is 0 Å². The molecule has 0 bridgehead atoms. The molecule has 0 aliphatic carbocycles. The van der Waals surface area contributed by atoms with E-state index in [1.54, 1.807) is 0 Å². The second-order valence-corrected chi connectivity index (χ2v) is 5.95. The van der Waals surface area contributed by atoms with E-state index in [-0.39, 0.29) is 0 Å². The highest BCUT2D eigenvalue weighted by Crippen LogP contribution is 2.10. The van der Waals surface area contributed by atoms with Crippen LogP contribution >= 0.6 is 38.5 Å². The first kappa shape index (κ1) is 9.95. The lowest BCUT2D eigenvalue weighted by Crippen LogP contribution is -1.73. The molecule has 0 aromatic heterocycles. The zero-order valence-corrected chi connectivity index (χ0v) is 9.35. The molecule has 0 aliphatic rings. The second kappa shape index (κ2) is 7.06. The molecule has 0 aromatic rings. The maximum Gasteiger partial charge on any atom is 0.0841 e. The molecule has 0 spiro atoms. The molecule has 0 rings (SSSR count). The lowest BCUT2D eigenvalue weighted by Gasteiger charge is -1.89. The van der Waals surface area contributed by atoms with Crippen LogP contribution in [-0.4, -0.2) is 2.83 Å². The molecule has 0 N–H and O–H groups in total. The molecule has 1 atom stereocenters. The van der Waals surface area contributed by atoms with E-state index in [0.29, 0.717) is 2.83 Å². The van der Waals surface area contributed by atoms with Gasteiger partial charge in [-0.05, 0) is 6.42 Å². The maximum atomic E-state index is 3.43. The van der Waals surface area contributed by atoms with E-state index in [1.165, 1.54) is 19.3 Å². The minimum atomic E-state index is 0.506. The van der Waals surface area contributed by atoms with Gasteiger partial charge < -0.3 is 0 Å². The summed E-state index contributed by atoms with van der Waals surface area (Å²) in [7, 11) is 0. The SMILES string of the molecule is CCCCC=CC(Br)I. The van der Waals surface area contributed by atoms with Crippen LogP contribution in [0.15, 0.2) is 12.2 Å². The van der Waals surface area contributed by atoms with Crippen molar-refractivity contribution >= 4 is 38.5 Å². The van der Waals surface area contributed by atoms with Gasteiger partial charge in [0.05, 0.1) is 2.83 Å². The van der Waals surface area contributed by atoms with Crippen LogP contribution in [0.25, 0.3) is 0 Å². The Kier molecular flexibility index (Phi) is 7.81. The molecule has 0 aliphatic heterocycles. The smallest absolute Gasteiger partial charge is 0.0841 e. The predicted molar refractivity (Wildman–Crippen MR) is 55.4 cm³/mol. The van der Waals surface area contributed by atoms with E-state index in [1.807, 2.05) is 0 Å². The van der Waals surface area contributed by atoms with Crippen LogP contribution in [0.1, 0.15) is 26.2 Å². The molecule has 2 heteroatoms. The van der Waals surface area contributed by atoms with Gasteiger partial charge in [0.2, 0.25) is 0 Å². The Hall–Kier alpha value is 0.950. The first-order valence-corrected chi connectivity index (χ1v) is 5.38. The molecule has 0 saturated carbocycles. The number of hydrogen-bond donors (Lipinski definition) is 0. The summed E-state index contributed by atoms with van der Waals surface area (Å²) in [5.74, 6) is 0. The zero-order chi connectivity index (χ0) is 7.11. The molecule has 0 aromatic carbocycles. The Labute approximate surface area is 79.4 Å². The van der Waals surface area contributed by atoms with Gasteiger partial charge in [-0.3, -0.25) is 0 Å². The van der Waals surface area contributed by atoms with Crippen LogP contribution < -0.4 is 0 Å². The van der Waals surface area contributed by atoms with Crippen molar-refractivity contribution in [3.8, 4) is 0 Å². The molecule has 9 heavy (non-hydrogen) atoms. The number of hydrogen-bond acceptors (Lipinski definition) is 0. The summed E-state index contributed by atoms with van der Waals surface area (Å²) in [4.78, 5) is 0. The summed E-state index contributed by atoms with van der Waals surface area (Å²) in [6.45, 7) is 2.21. The summed E-state index contributed by atoms with van der Waals surface area (Å²) >= 11 is 5.75. The number of alkyl halides is 2. The number of allylic oxidation sites excluding steroid dienone is 2. The zero-order valence-electron chi connectivity index (χ0n) is 5.61. The van der Waals surface area contributed by atoms with Gasteiger partial charge in [0.15, 0.2) is 0 Å². The molecule has 0 fully saturated rings. The van der Waals surface area contributed by atoms with Crippen molar-refractivity contribution in [2.75, 3.05) is 0 Å². The van der Waals surface area contributed by atoms with Crippen LogP contribution in [0, 0.1) is 0 Å². The van der Waals surface area contributed by atoms with Crippen molar-refractivity contribution in [3.63, 3.8) is 0 Å². The van der Waals surface area contributed by atoms with Crippen molar-refractivity contribution < 1.29 is 0 Å². The fraction of sp³-hybridized carbons (Fsp3) is 0.714. The average Bonchev–Trinajstić information content (AvgIpc) is 1.80. The fourth-order valence-corrected chi connectivity index (χ4v) is 1.03. The van der Waals surface area contributed by atoms with Crippen molar-refractivity contribution in [3.05, 3.63) is 12.2 Å². The summed E-state index contributed by atoms with van der Waals surface area (Å²) in [6, 6.07) is 0. The third kappa shape index (κ3) is 8.95. The molecule has 1 unspecified atom stereocenters. The lowest BCUT2D eigenvalue weighted by atomic mass is 10.2. The summed E-state index contributed by atoms with van der Waals surface area (Å²) in [6.07, 6.45) is 8.23. The van der Waals surface area contributed by atoms with Crippen LogP contribution in [0.2, 0.25) is 0 Å². The van der Waals surface area contributed by atoms with E-state index < -0.39 is 0 Å². The third-order valence-corrected chi connectivity index (χ3v) is 1.73. The average molecular weight is 303 g/mol. The van der Waals surface area contributed by atoms with E-state index in [2.05, 4.69) is 57.6 Å². The van der Waals surface area contributed by atoms with Gasteiger partial charge in [-0.15, -0.1) is 0 Å². The summed E-state index contributed by atoms with van der Waals surface area (Å²) in [5, 5.41) is 0. The lowest BCUT2D eigenvalue weighted by molar-refractivity contribution is 0.814. The highest BCUT2D eigenvalue weighted by Gasteiger charge is 1.85. The van der Waals surface area contributed by atoms with Gasteiger partial charge in [0, 0.05) is 0 Å². The Bertz CT molecular complexity index is 79.0. The number of rotatable bonds is 4. The number of halogens is 2. The van der Waals surface area contributed by atoms with Crippen molar-refractivity contribution in [1.29, 1.82) is 0 Å². The topological polar surface area (TPSA) is 0 Å². The molecule has 0 nitrogen and oxygen atoms in total. The van der Waals surface area contributed by atoms with Gasteiger partial charge in [-0.1, -0.05) is 70.4 Å². The molecule has 0 radical (unpaired) electrons. The Morgan fingerprint density at radius 1 is 1.67 bits per heavy atom. The van der Waals surface area contributed by atoms with Crippen molar-refractivity contribution in [1.82, 2.24) is 0 Å². The predicted octanol–water partition coefficient (Wildman–Crippen LogP) is 3.89. The third-order valence-electron chi connectivity index (χ3n) is 1.01. The molecular weight excluding hydrogens is 291 g/mol. The van der Waals surface area contributed by atoms with Gasteiger partial charge in [-0.25, -0.2) is 0 Å². The van der Waals surface area contributed by atoms with Gasteiger partial charge >= 0.3 is 0 Å². The van der Waals surface area contributed by atoms with Crippen LogP contribution in [0.5, 0.6) is 0 Å². The molecule has 0 amide bonds. The minimum absolute atomic E-state index is 0.506. The Morgan fingerprint density at radius 3 is 2.78 bits per heavy atom. The monoisotopic (exact) mass is 302 g/mol. The molecular formula is C7H12BrI. The van der Waals surface area contributed by atoms with E-state index in [4.69, 9.17) is 0 Å². The quantitative estimate of drug-likeness (QED) is 0.320. The molecule has 54 valence electrons. The maximum absolute atomic E-state index is 3.43. The van der Waals surface area contributed by atoms with Crippen LogP contribution in [0.3, 0.4) is 0 Å². The first-order chi connectivity index (χ1) is 4.27.